The van der Waals surface area contributed by atoms with Crippen molar-refractivity contribution in [1.82, 2.24) is 20.2 Å². The van der Waals surface area contributed by atoms with E-state index in [1.54, 1.807) is 6.20 Å². The Kier molecular flexibility index (Phi) is 4.05. The number of hydrogen-bond donors (Lipinski definition) is 2. The van der Waals surface area contributed by atoms with Crippen molar-refractivity contribution in [1.29, 1.82) is 0 Å². The number of nitrogens with zero attached hydrogens (tertiary/aromatic N) is 2. The fraction of sp³-hybridized carbons (Fsp3) is 0.733. The van der Waals surface area contributed by atoms with E-state index in [2.05, 4.69) is 27.1 Å². The summed E-state index contributed by atoms with van der Waals surface area (Å²) in [6, 6.07) is 0.494. The van der Waals surface area contributed by atoms with E-state index in [0.717, 1.165) is 51.1 Å². The molecule has 2 fully saturated rings. The molecule has 1 saturated heterocycles. The van der Waals surface area contributed by atoms with Gasteiger partial charge in [0.1, 0.15) is 5.82 Å². The van der Waals surface area contributed by atoms with E-state index < -0.39 is 0 Å². The van der Waals surface area contributed by atoms with Crippen LogP contribution < -0.4 is 5.32 Å². The highest BCUT2D eigenvalue weighted by Crippen LogP contribution is 2.33. The molecule has 0 radical (unpaired) electrons. The maximum absolute atomic E-state index is 12.2. The summed E-state index contributed by atoms with van der Waals surface area (Å²) in [5.41, 5.74) is 0. The molecule has 20 heavy (non-hydrogen) atoms. The lowest BCUT2D eigenvalue weighted by Crippen LogP contribution is -2.51. The second-order valence-corrected chi connectivity index (χ2v) is 6.04. The van der Waals surface area contributed by atoms with Crippen molar-refractivity contribution in [3.8, 4) is 0 Å². The quantitative estimate of drug-likeness (QED) is 0.857. The van der Waals surface area contributed by atoms with Gasteiger partial charge >= 0.3 is 0 Å². The molecule has 1 amide bonds. The summed E-state index contributed by atoms with van der Waals surface area (Å²) in [4.78, 5) is 21.6. The van der Waals surface area contributed by atoms with Crippen LogP contribution in [0.15, 0.2) is 12.4 Å². The summed E-state index contributed by atoms with van der Waals surface area (Å²) < 4.78 is 0. The lowest BCUT2D eigenvalue weighted by atomic mass is 9.89. The summed E-state index contributed by atoms with van der Waals surface area (Å²) in [6.07, 6.45) is 8.01. The van der Waals surface area contributed by atoms with Crippen molar-refractivity contribution in [3.63, 3.8) is 0 Å². The Morgan fingerprint density at radius 2 is 2.35 bits per heavy atom. The minimum absolute atomic E-state index is 0.347. The van der Waals surface area contributed by atoms with Gasteiger partial charge in [-0.15, -0.1) is 0 Å². The molecule has 5 nitrogen and oxygen atoms in total. The van der Waals surface area contributed by atoms with Crippen LogP contribution in [0.2, 0.25) is 0 Å². The molecule has 1 aromatic rings. The van der Waals surface area contributed by atoms with Crippen LogP contribution in [0, 0.1) is 11.8 Å². The molecule has 0 aromatic carbocycles. The number of carbonyl (C=O) groups excluding carboxylic acids is 1. The maximum atomic E-state index is 12.2. The van der Waals surface area contributed by atoms with Crippen molar-refractivity contribution >= 4 is 5.91 Å². The topological polar surface area (TPSA) is 61.0 Å². The number of hydrogen-bond acceptors (Lipinski definition) is 3. The average molecular weight is 276 g/mol. The number of nitrogens with one attached hydrogen (secondary N) is 2. The fourth-order valence-electron chi connectivity index (χ4n) is 3.13. The van der Waals surface area contributed by atoms with Gasteiger partial charge in [0.2, 0.25) is 5.91 Å². The number of rotatable bonds is 5. The number of aromatic nitrogens is 2. The van der Waals surface area contributed by atoms with E-state index in [1.165, 1.54) is 0 Å². The Morgan fingerprint density at radius 1 is 1.50 bits per heavy atom. The first kappa shape index (κ1) is 13.6. The van der Waals surface area contributed by atoms with E-state index in [4.69, 9.17) is 0 Å². The highest BCUT2D eigenvalue weighted by Gasteiger charge is 2.37. The van der Waals surface area contributed by atoms with Gasteiger partial charge in [-0.25, -0.2) is 4.98 Å². The highest BCUT2D eigenvalue weighted by atomic mass is 16.2. The van der Waals surface area contributed by atoms with Gasteiger partial charge in [-0.1, -0.05) is 13.3 Å². The zero-order valence-electron chi connectivity index (χ0n) is 12.1. The molecule has 1 aromatic heterocycles. The van der Waals surface area contributed by atoms with Gasteiger partial charge in [0, 0.05) is 37.4 Å². The van der Waals surface area contributed by atoms with Crippen molar-refractivity contribution in [2.75, 3.05) is 13.1 Å². The van der Waals surface area contributed by atoms with Crippen LogP contribution in [0.25, 0.3) is 0 Å². The standard InChI is InChI=1S/C15H24N4O/c1-2-11-10-19(15(20)12-3-4-12)8-5-13(11)18-9-14-16-6-7-17-14/h6-7,11-13,18H,2-5,8-10H2,1H3,(H,16,17). The molecule has 2 unspecified atom stereocenters. The molecule has 0 spiro atoms. The monoisotopic (exact) mass is 276 g/mol. The molecule has 2 aliphatic rings. The minimum atomic E-state index is 0.347. The third kappa shape index (κ3) is 3.03. The number of H-pyrrole nitrogens is 1. The first-order valence-electron chi connectivity index (χ1n) is 7.78. The third-order valence-electron chi connectivity index (χ3n) is 4.58. The average Bonchev–Trinajstić information content (AvgIpc) is 3.21. The number of aromatic amines is 1. The Hall–Kier alpha value is -1.36. The number of amides is 1. The minimum Gasteiger partial charge on any atom is -0.348 e. The molecule has 1 saturated carbocycles. The highest BCUT2D eigenvalue weighted by molar-refractivity contribution is 5.81. The molecular weight excluding hydrogens is 252 g/mol. The zero-order chi connectivity index (χ0) is 13.9. The fourth-order valence-corrected chi connectivity index (χ4v) is 3.13. The third-order valence-corrected chi connectivity index (χ3v) is 4.58. The molecule has 2 N–H and O–H groups in total. The van der Waals surface area contributed by atoms with Crippen LogP contribution in [-0.2, 0) is 11.3 Å². The van der Waals surface area contributed by atoms with Gasteiger partial charge in [-0.3, -0.25) is 4.79 Å². The summed E-state index contributed by atoms with van der Waals surface area (Å²) in [7, 11) is 0. The largest absolute Gasteiger partial charge is 0.348 e. The number of likely N-dealkylation sites (tertiary alicyclic amines) is 1. The molecule has 0 bridgehead atoms. The molecule has 2 heterocycles. The maximum Gasteiger partial charge on any atom is 0.225 e. The summed E-state index contributed by atoms with van der Waals surface area (Å²) in [5.74, 6) is 2.28. The van der Waals surface area contributed by atoms with Crippen LogP contribution in [0.4, 0.5) is 0 Å². The number of piperidine rings is 1. The number of carbonyl (C=O) groups is 1. The first-order chi connectivity index (χ1) is 9.78. The van der Waals surface area contributed by atoms with Gasteiger partial charge in [-0.05, 0) is 25.2 Å². The van der Waals surface area contributed by atoms with E-state index in [-0.39, 0.29) is 0 Å². The Morgan fingerprint density at radius 3 is 3.00 bits per heavy atom. The van der Waals surface area contributed by atoms with E-state index in [0.29, 0.717) is 23.8 Å². The van der Waals surface area contributed by atoms with Crippen molar-refractivity contribution in [2.24, 2.45) is 11.8 Å². The smallest absolute Gasteiger partial charge is 0.225 e. The molecule has 3 rings (SSSR count). The van der Waals surface area contributed by atoms with Crippen molar-refractivity contribution in [2.45, 2.75) is 45.2 Å². The van der Waals surface area contributed by atoms with Crippen LogP contribution in [0.1, 0.15) is 38.4 Å². The predicted molar refractivity (Wildman–Crippen MR) is 76.9 cm³/mol. The Balaban J connectivity index is 1.52. The van der Waals surface area contributed by atoms with Crippen LogP contribution >= 0.6 is 0 Å². The zero-order valence-corrected chi connectivity index (χ0v) is 12.1. The summed E-state index contributed by atoms with van der Waals surface area (Å²) in [6.45, 7) is 4.82. The summed E-state index contributed by atoms with van der Waals surface area (Å²) in [5, 5.41) is 3.60. The van der Waals surface area contributed by atoms with E-state index >= 15 is 0 Å². The molecule has 1 aliphatic carbocycles. The predicted octanol–water partition coefficient (Wildman–Crippen LogP) is 1.54. The lowest BCUT2D eigenvalue weighted by Gasteiger charge is -2.39. The second kappa shape index (κ2) is 5.95. The van der Waals surface area contributed by atoms with Crippen LogP contribution in [-0.4, -0.2) is 39.9 Å². The Bertz CT molecular complexity index is 441. The van der Waals surface area contributed by atoms with Crippen molar-refractivity contribution < 1.29 is 4.79 Å². The van der Waals surface area contributed by atoms with E-state index in [1.807, 2.05) is 6.20 Å². The van der Waals surface area contributed by atoms with Gasteiger partial charge in [0.25, 0.3) is 0 Å². The molecule has 5 heteroatoms. The molecule has 110 valence electrons. The summed E-state index contributed by atoms with van der Waals surface area (Å²) >= 11 is 0. The van der Waals surface area contributed by atoms with Crippen molar-refractivity contribution in [3.05, 3.63) is 18.2 Å². The van der Waals surface area contributed by atoms with Gasteiger partial charge in [0.15, 0.2) is 0 Å². The van der Waals surface area contributed by atoms with Crippen LogP contribution in [0.5, 0.6) is 0 Å². The normalized spacial score (nSPS) is 26.8. The Labute approximate surface area is 120 Å². The SMILES string of the molecule is CCC1CN(C(=O)C2CC2)CCC1NCc1ncc[nH]1. The van der Waals surface area contributed by atoms with Gasteiger partial charge in [-0.2, -0.15) is 0 Å². The van der Waals surface area contributed by atoms with Crippen LogP contribution in [0.3, 0.4) is 0 Å². The molecular formula is C15H24N4O. The molecule has 2 atom stereocenters. The number of imidazole rings is 1. The second-order valence-electron chi connectivity index (χ2n) is 6.04. The van der Waals surface area contributed by atoms with E-state index in [9.17, 15) is 4.79 Å². The van der Waals surface area contributed by atoms with Gasteiger partial charge < -0.3 is 15.2 Å². The lowest BCUT2D eigenvalue weighted by molar-refractivity contribution is -0.134. The molecule has 1 aliphatic heterocycles. The first-order valence-corrected chi connectivity index (χ1v) is 7.78. The van der Waals surface area contributed by atoms with Gasteiger partial charge in [0.05, 0.1) is 6.54 Å².